The van der Waals surface area contributed by atoms with E-state index in [9.17, 15) is 0 Å². The first-order valence-corrected chi connectivity index (χ1v) is 9.68. The van der Waals surface area contributed by atoms with Gasteiger partial charge in [-0.25, -0.2) is 0 Å². The van der Waals surface area contributed by atoms with Crippen molar-refractivity contribution in [3.05, 3.63) is 24.3 Å². The highest BCUT2D eigenvalue weighted by Crippen LogP contribution is 2.10. The highest BCUT2D eigenvalue weighted by Gasteiger charge is 1.90. The van der Waals surface area contributed by atoms with Gasteiger partial charge in [0.2, 0.25) is 0 Å². The van der Waals surface area contributed by atoms with Crippen LogP contribution in [0.2, 0.25) is 0 Å². The number of allylic oxidation sites excluding steroid dienone is 4. The van der Waals surface area contributed by atoms with Crippen molar-refractivity contribution in [2.24, 2.45) is 0 Å². The van der Waals surface area contributed by atoms with Gasteiger partial charge in [0.1, 0.15) is 0 Å². The molecule has 0 aromatic heterocycles. The average molecular weight is 327 g/mol. The summed E-state index contributed by atoms with van der Waals surface area (Å²) in [5, 5.41) is 0. The van der Waals surface area contributed by atoms with E-state index < -0.39 is 0 Å². The summed E-state index contributed by atoms with van der Waals surface area (Å²) < 4.78 is 0. The molecule has 0 aliphatic heterocycles. The summed E-state index contributed by atoms with van der Waals surface area (Å²) in [6, 6.07) is 0. The van der Waals surface area contributed by atoms with E-state index in [0.29, 0.717) is 0 Å². The SMILES string of the molecule is C/C=C/CCCCCCCC/C=C\CCCCCCCC.N.N. The third-order valence-electron chi connectivity index (χ3n) is 4.12. The van der Waals surface area contributed by atoms with Crippen LogP contribution in [0.3, 0.4) is 0 Å². The summed E-state index contributed by atoms with van der Waals surface area (Å²) in [5.74, 6) is 0. The first-order valence-electron chi connectivity index (χ1n) is 9.68. The highest BCUT2D eigenvalue weighted by molar-refractivity contribution is 4.81. The van der Waals surface area contributed by atoms with Crippen LogP contribution in [0, 0.1) is 0 Å². The molecule has 140 valence electrons. The summed E-state index contributed by atoms with van der Waals surface area (Å²) in [6.45, 7) is 4.40. The topological polar surface area (TPSA) is 70.0 Å². The van der Waals surface area contributed by atoms with Crippen molar-refractivity contribution in [3.63, 3.8) is 0 Å². The molecule has 0 bridgehead atoms. The van der Waals surface area contributed by atoms with Gasteiger partial charge in [0.15, 0.2) is 0 Å². The molecule has 0 aromatic carbocycles. The van der Waals surface area contributed by atoms with E-state index in [4.69, 9.17) is 0 Å². The Bertz CT molecular complexity index is 234. The molecule has 0 fully saturated rings. The van der Waals surface area contributed by atoms with Gasteiger partial charge < -0.3 is 12.3 Å². The van der Waals surface area contributed by atoms with Crippen LogP contribution in [-0.4, -0.2) is 0 Å². The van der Waals surface area contributed by atoms with Crippen LogP contribution >= 0.6 is 0 Å². The van der Waals surface area contributed by atoms with Crippen LogP contribution in [0.1, 0.15) is 110 Å². The Morgan fingerprint density at radius 1 is 0.478 bits per heavy atom. The minimum atomic E-state index is 0. The molecule has 6 N–H and O–H groups in total. The highest BCUT2D eigenvalue weighted by atomic mass is 14.0. The van der Waals surface area contributed by atoms with Gasteiger partial charge in [-0.1, -0.05) is 89.0 Å². The molecule has 0 aliphatic carbocycles. The van der Waals surface area contributed by atoms with E-state index >= 15 is 0 Å². The van der Waals surface area contributed by atoms with Crippen LogP contribution in [0.5, 0.6) is 0 Å². The maximum absolute atomic E-state index is 2.41. The first kappa shape index (κ1) is 27.3. The first-order chi connectivity index (χ1) is 10.4. The molecule has 0 heterocycles. The predicted octanol–water partition coefficient (Wildman–Crippen LogP) is 8.31. The lowest BCUT2D eigenvalue weighted by Gasteiger charge is -1.99. The summed E-state index contributed by atoms with van der Waals surface area (Å²) >= 11 is 0. The van der Waals surface area contributed by atoms with E-state index in [0.717, 1.165) is 0 Å². The lowest BCUT2D eigenvalue weighted by atomic mass is 10.1. The maximum atomic E-state index is 2.41. The van der Waals surface area contributed by atoms with E-state index in [2.05, 4.69) is 38.2 Å². The molecular formula is C21H46N2. The molecule has 23 heavy (non-hydrogen) atoms. The van der Waals surface area contributed by atoms with Crippen LogP contribution in [-0.2, 0) is 0 Å². The van der Waals surface area contributed by atoms with Crippen molar-refractivity contribution in [1.82, 2.24) is 12.3 Å². The van der Waals surface area contributed by atoms with Crippen molar-refractivity contribution < 1.29 is 0 Å². The van der Waals surface area contributed by atoms with Crippen molar-refractivity contribution in [1.29, 1.82) is 0 Å². The summed E-state index contributed by atoms with van der Waals surface area (Å²) in [7, 11) is 0. The largest absolute Gasteiger partial charge is 0.344 e. The molecule has 0 saturated heterocycles. The fraction of sp³-hybridized carbons (Fsp3) is 0.810. The standard InChI is InChI=1S/C21H40.2H3N/c1-3-5-7-9-11-13-15-17-19-21-20-18-16-14-12-10-8-6-4-2;;/h3,5,18,20H,4,6-17,19,21H2,1-2H3;2*1H3/b5-3+,20-18-;;. The van der Waals surface area contributed by atoms with Gasteiger partial charge in [-0.3, -0.25) is 0 Å². The summed E-state index contributed by atoms with van der Waals surface area (Å²) in [6.07, 6.45) is 30.1. The number of rotatable bonds is 16. The Hall–Kier alpha value is -0.600. The normalized spacial score (nSPS) is 10.9. The van der Waals surface area contributed by atoms with Gasteiger partial charge in [-0.15, -0.1) is 0 Å². The Morgan fingerprint density at radius 3 is 1.22 bits per heavy atom. The zero-order valence-electron chi connectivity index (χ0n) is 16.3. The second kappa shape index (κ2) is 26.3. The van der Waals surface area contributed by atoms with Gasteiger partial charge in [0, 0.05) is 0 Å². The van der Waals surface area contributed by atoms with Crippen LogP contribution in [0.15, 0.2) is 24.3 Å². The molecule has 0 unspecified atom stereocenters. The number of unbranched alkanes of at least 4 members (excludes halogenated alkanes) is 13. The molecular weight excluding hydrogens is 280 g/mol. The smallest absolute Gasteiger partial charge is 0.0351 e. The maximum Gasteiger partial charge on any atom is -0.0351 e. The van der Waals surface area contributed by atoms with E-state index in [1.807, 2.05) is 0 Å². The Morgan fingerprint density at radius 2 is 0.826 bits per heavy atom. The molecule has 0 spiro atoms. The molecule has 0 saturated carbocycles. The molecule has 0 aromatic rings. The average Bonchev–Trinajstić information content (AvgIpc) is 2.50. The zero-order valence-corrected chi connectivity index (χ0v) is 16.3. The quantitative estimate of drug-likeness (QED) is 0.221. The Balaban J connectivity index is -0.00000200. The molecule has 0 rings (SSSR count). The number of hydrogen-bond acceptors (Lipinski definition) is 2. The van der Waals surface area contributed by atoms with Crippen molar-refractivity contribution >= 4 is 0 Å². The molecule has 0 amide bonds. The van der Waals surface area contributed by atoms with Crippen LogP contribution in [0.25, 0.3) is 0 Å². The fourth-order valence-electron chi connectivity index (χ4n) is 2.68. The monoisotopic (exact) mass is 326 g/mol. The van der Waals surface area contributed by atoms with E-state index in [1.165, 1.54) is 96.3 Å². The van der Waals surface area contributed by atoms with Gasteiger partial charge in [0.25, 0.3) is 0 Å². The Labute approximate surface area is 147 Å². The fourth-order valence-corrected chi connectivity index (χ4v) is 2.68. The van der Waals surface area contributed by atoms with E-state index in [-0.39, 0.29) is 12.3 Å². The molecule has 2 heteroatoms. The molecule has 0 radical (unpaired) electrons. The minimum absolute atomic E-state index is 0. The van der Waals surface area contributed by atoms with Crippen molar-refractivity contribution in [3.8, 4) is 0 Å². The number of hydrogen-bond donors (Lipinski definition) is 2. The lowest BCUT2D eigenvalue weighted by molar-refractivity contribution is 0.598. The third kappa shape index (κ3) is 26.6. The van der Waals surface area contributed by atoms with Gasteiger partial charge >= 0.3 is 0 Å². The van der Waals surface area contributed by atoms with Gasteiger partial charge in [-0.05, 0) is 45.4 Å². The zero-order chi connectivity index (χ0) is 15.4. The Kier molecular flexibility index (Phi) is 31.2. The predicted molar refractivity (Wildman–Crippen MR) is 109 cm³/mol. The minimum Gasteiger partial charge on any atom is -0.344 e. The molecule has 0 atom stereocenters. The molecule has 0 aliphatic rings. The van der Waals surface area contributed by atoms with Crippen molar-refractivity contribution in [2.75, 3.05) is 0 Å². The van der Waals surface area contributed by atoms with Crippen LogP contribution < -0.4 is 12.3 Å². The second-order valence-electron chi connectivity index (χ2n) is 6.30. The molecule has 2 nitrogen and oxygen atoms in total. The summed E-state index contributed by atoms with van der Waals surface area (Å²) in [4.78, 5) is 0. The lowest BCUT2D eigenvalue weighted by Crippen LogP contribution is -1.80. The van der Waals surface area contributed by atoms with Crippen LogP contribution in [0.4, 0.5) is 0 Å². The van der Waals surface area contributed by atoms with E-state index in [1.54, 1.807) is 0 Å². The van der Waals surface area contributed by atoms with Crippen molar-refractivity contribution in [2.45, 2.75) is 110 Å². The van der Waals surface area contributed by atoms with Gasteiger partial charge in [0.05, 0.1) is 0 Å². The third-order valence-corrected chi connectivity index (χ3v) is 4.12. The summed E-state index contributed by atoms with van der Waals surface area (Å²) in [5.41, 5.74) is 0. The van der Waals surface area contributed by atoms with Gasteiger partial charge in [-0.2, -0.15) is 0 Å². The second-order valence-corrected chi connectivity index (χ2v) is 6.30.